The van der Waals surface area contributed by atoms with Gasteiger partial charge in [-0.25, -0.2) is 0 Å². The molecule has 5 nitrogen and oxygen atoms in total. The molecule has 2 aliphatic rings. The molecule has 2 aliphatic heterocycles. The molecule has 5 heteroatoms. The summed E-state index contributed by atoms with van der Waals surface area (Å²) in [5.74, 6) is -0.487. The fraction of sp³-hybridized carbons (Fsp3) is 0.846. The molecule has 0 saturated carbocycles. The molecule has 18 heavy (non-hydrogen) atoms. The van der Waals surface area contributed by atoms with E-state index < -0.39 is 11.4 Å². The number of rotatable bonds is 4. The summed E-state index contributed by atoms with van der Waals surface area (Å²) < 4.78 is 0. The molecule has 1 amide bonds. The highest BCUT2D eigenvalue weighted by molar-refractivity contribution is 5.79. The number of carboxylic acid groups (broad SMARTS) is 1. The molecule has 0 radical (unpaired) electrons. The monoisotopic (exact) mass is 254 g/mol. The highest BCUT2D eigenvalue weighted by Crippen LogP contribution is 2.35. The number of piperidine rings is 1. The number of amides is 1. The third-order valence-corrected chi connectivity index (χ3v) is 4.51. The van der Waals surface area contributed by atoms with Gasteiger partial charge in [-0.05, 0) is 38.8 Å². The fourth-order valence-corrected chi connectivity index (χ4v) is 2.71. The number of hydrogen-bond acceptors (Lipinski definition) is 3. The quantitative estimate of drug-likeness (QED) is 0.806. The van der Waals surface area contributed by atoms with Gasteiger partial charge < -0.3 is 10.0 Å². The van der Waals surface area contributed by atoms with Gasteiger partial charge in [0.1, 0.15) is 0 Å². The zero-order valence-corrected chi connectivity index (χ0v) is 11.0. The first-order valence-corrected chi connectivity index (χ1v) is 6.81. The fourth-order valence-electron chi connectivity index (χ4n) is 2.71. The maximum Gasteiger partial charge on any atom is 0.309 e. The van der Waals surface area contributed by atoms with Crippen LogP contribution in [0.4, 0.5) is 0 Å². The standard InChI is InChI=1S/C13H22N2O3/c1-2-13(12(17)18)4-8-14(9-5-13)10-11(16)15-6-3-7-15/h2-10H2,1H3,(H,17,18). The average molecular weight is 254 g/mol. The second-order valence-corrected chi connectivity index (χ2v) is 5.45. The summed E-state index contributed by atoms with van der Waals surface area (Å²) in [6.45, 7) is 5.62. The summed E-state index contributed by atoms with van der Waals surface area (Å²) in [5, 5.41) is 9.30. The Labute approximate surface area is 108 Å². The summed E-state index contributed by atoms with van der Waals surface area (Å²) in [7, 11) is 0. The van der Waals surface area contributed by atoms with Gasteiger partial charge in [-0.1, -0.05) is 6.92 Å². The van der Waals surface area contributed by atoms with E-state index in [4.69, 9.17) is 0 Å². The van der Waals surface area contributed by atoms with E-state index in [-0.39, 0.29) is 5.91 Å². The van der Waals surface area contributed by atoms with Crippen LogP contribution in [0.2, 0.25) is 0 Å². The molecule has 0 atom stereocenters. The zero-order valence-electron chi connectivity index (χ0n) is 11.0. The minimum absolute atomic E-state index is 0.195. The predicted molar refractivity (Wildman–Crippen MR) is 67.2 cm³/mol. The normalized spacial score (nSPS) is 23.5. The first-order valence-electron chi connectivity index (χ1n) is 6.81. The van der Waals surface area contributed by atoms with Crippen molar-refractivity contribution in [2.45, 2.75) is 32.6 Å². The van der Waals surface area contributed by atoms with Crippen LogP contribution in [0, 0.1) is 5.41 Å². The molecule has 1 N–H and O–H groups in total. The first-order chi connectivity index (χ1) is 8.57. The highest BCUT2D eigenvalue weighted by atomic mass is 16.4. The maximum atomic E-state index is 11.8. The van der Waals surface area contributed by atoms with E-state index in [2.05, 4.69) is 4.90 Å². The van der Waals surface area contributed by atoms with Crippen LogP contribution in [0.15, 0.2) is 0 Å². The summed E-state index contributed by atoms with van der Waals surface area (Å²) >= 11 is 0. The molecule has 2 saturated heterocycles. The second-order valence-electron chi connectivity index (χ2n) is 5.45. The summed E-state index contributed by atoms with van der Waals surface area (Å²) in [5.41, 5.74) is -0.559. The molecule has 0 unspecified atom stereocenters. The van der Waals surface area contributed by atoms with Crippen LogP contribution in [-0.4, -0.2) is 59.5 Å². The number of hydrogen-bond donors (Lipinski definition) is 1. The Morgan fingerprint density at radius 2 is 1.78 bits per heavy atom. The van der Waals surface area contributed by atoms with E-state index in [0.717, 1.165) is 32.6 Å². The van der Waals surface area contributed by atoms with Crippen LogP contribution in [0.3, 0.4) is 0 Å². The third kappa shape index (κ3) is 2.51. The van der Waals surface area contributed by atoms with Crippen molar-refractivity contribution in [3.8, 4) is 0 Å². The van der Waals surface area contributed by atoms with E-state index in [0.29, 0.717) is 25.8 Å². The SMILES string of the molecule is CCC1(C(=O)O)CCN(CC(=O)N2CCC2)CC1. The molecule has 2 rings (SSSR count). The average Bonchev–Trinajstić information content (AvgIpc) is 2.27. The van der Waals surface area contributed by atoms with Crippen LogP contribution in [0.5, 0.6) is 0 Å². The lowest BCUT2D eigenvalue weighted by Crippen LogP contribution is -2.50. The van der Waals surface area contributed by atoms with Crippen molar-refractivity contribution in [1.29, 1.82) is 0 Å². The van der Waals surface area contributed by atoms with Gasteiger partial charge in [0, 0.05) is 13.1 Å². The lowest BCUT2D eigenvalue weighted by molar-refractivity contribution is -0.152. The number of nitrogens with zero attached hydrogens (tertiary/aromatic N) is 2. The molecule has 0 aromatic rings. The molecule has 2 fully saturated rings. The number of carboxylic acids is 1. The smallest absolute Gasteiger partial charge is 0.309 e. The second kappa shape index (κ2) is 5.26. The predicted octanol–water partition coefficient (Wildman–Crippen LogP) is 0.795. The molecular formula is C13H22N2O3. The Bertz CT molecular complexity index is 331. The minimum Gasteiger partial charge on any atom is -0.481 e. The van der Waals surface area contributed by atoms with Gasteiger partial charge in [0.25, 0.3) is 0 Å². The van der Waals surface area contributed by atoms with Crippen LogP contribution < -0.4 is 0 Å². The van der Waals surface area contributed by atoms with Gasteiger partial charge in [0.05, 0.1) is 12.0 Å². The van der Waals surface area contributed by atoms with E-state index in [1.54, 1.807) is 0 Å². The summed E-state index contributed by atoms with van der Waals surface area (Å²) in [6, 6.07) is 0. The number of carbonyl (C=O) groups is 2. The molecular weight excluding hydrogens is 232 g/mol. The van der Waals surface area contributed by atoms with Crippen molar-refractivity contribution >= 4 is 11.9 Å². The van der Waals surface area contributed by atoms with E-state index in [9.17, 15) is 14.7 Å². The zero-order chi connectivity index (χ0) is 13.2. The molecule has 0 spiro atoms. The highest BCUT2D eigenvalue weighted by Gasteiger charge is 2.40. The van der Waals surface area contributed by atoms with Gasteiger partial charge in [-0.2, -0.15) is 0 Å². The van der Waals surface area contributed by atoms with Crippen LogP contribution in [0.25, 0.3) is 0 Å². The molecule has 0 aromatic carbocycles. The Hall–Kier alpha value is -1.10. The largest absolute Gasteiger partial charge is 0.481 e. The third-order valence-electron chi connectivity index (χ3n) is 4.51. The Balaban J connectivity index is 1.82. The van der Waals surface area contributed by atoms with Gasteiger partial charge in [0.2, 0.25) is 5.91 Å². The number of carbonyl (C=O) groups excluding carboxylic acids is 1. The van der Waals surface area contributed by atoms with E-state index in [1.807, 2.05) is 11.8 Å². The lowest BCUT2D eigenvalue weighted by Gasteiger charge is -2.39. The number of aliphatic carboxylic acids is 1. The lowest BCUT2D eigenvalue weighted by atomic mass is 9.76. The van der Waals surface area contributed by atoms with Crippen LogP contribution in [-0.2, 0) is 9.59 Å². The molecule has 2 heterocycles. The first kappa shape index (κ1) is 13.3. The number of likely N-dealkylation sites (tertiary alicyclic amines) is 2. The minimum atomic E-state index is -0.682. The molecule has 102 valence electrons. The van der Waals surface area contributed by atoms with Crippen molar-refractivity contribution in [3.63, 3.8) is 0 Å². The van der Waals surface area contributed by atoms with E-state index in [1.165, 1.54) is 0 Å². The van der Waals surface area contributed by atoms with Crippen LogP contribution >= 0.6 is 0 Å². The molecule has 0 aliphatic carbocycles. The van der Waals surface area contributed by atoms with Gasteiger partial charge in [0.15, 0.2) is 0 Å². The maximum absolute atomic E-state index is 11.8. The van der Waals surface area contributed by atoms with Gasteiger partial charge in [-0.3, -0.25) is 14.5 Å². The molecule has 0 bridgehead atoms. The van der Waals surface area contributed by atoms with Gasteiger partial charge >= 0.3 is 5.97 Å². The topological polar surface area (TPSA) is 60.9 Å². The summed E-state index contributed by atoms with van der Waals surface area (Å²) in [6.07, 6.45) is 3.11. The van der Waals surface area contributed by atoms with Crippen molar-refractivity contribution in [1.82, 2.24) is 9.80 Å². The Morgan fingerprint density at radius 1 is 1.17 bits per heavy atom. The van der Waals surface area contributed by atoms with Crippen molar-refractivity contribution in [2.24, 2.45) is 5.41 Å². The summed E-state index contributed by atoms with van der Waals surface area (Å²) in [4.78, 5) is 27.1. The Morgan fingerprint density at radius 3 is 2.17 bits per heavy atom. The van der Waals surface area contributed by atoms with E-state index >= 15 is 0 Å². The van der Waals surface area contributed by atoms with Crippen molar-refractivity contribution in [3.05, 3.63) is 0 Å². The van der Waals surface area contributed by atoms with Crippen molar-refractivity contribution in [2.75, 3.05) is 32.7 Å². The molecule has 0 aromatic heterocycles. The van der Waals surface area contributed by atoms with Crippen LogP contribution in [0.1, 0.15) is 32.6 Å². The Kier molecular flexibility index (Phi) is 3.90. The van der Waals surface area contributed by atoms with Crippen molar-refractivity contribution < 1.29 is 14.7 Å². The van der Waals surface area contributed by atoms with Gasteiger partial charge in [-0.15, -0.1) is 0 Å².